The van der Waals surface area contributed by atoms with E-state index in [0.717, 1.165) is 0 Å². The summed E-state index contributed by atoms with van der Waals surface area (Å²) in [7, 11) is 0. The third-order valence-electron chi connectivity index (χ3n) is 3.02. The van der Waals surface area contributed by atoms with Crippen LogP contribution in [0.4, 0.5) is 0 Å². The maximum atomic E-state index is 11.4. The highest BCUT2D eigenvalue weighted by Crippen LogP contribution is 2.11. The summed E-state index contributed by atoms with van der Waals surface area (Å²) in [5.74, 6) is -1.48. The van der Waals surface area contributed by atoms with Crippen molar-refractivity contribution in [3.8, 4) is 0 Å². The van der Waals surface area contributed by atoms with E-state index in [-0.39, 0.29) is 56.4 Å². The van der Waals surface area contributed by atoms with Gasteiger partial charge in [-0.15, -0.1) is 0 Å². The van der Waals surface area contributed by atoms with Crippen molar-refractivity contribution < 1.29 is 19.5 Å². The van der Waals surface area contributed by atoms with Crippen molar-refractivity contribution in [2.75, 3.05) is 13.1 Å². The normalized spacial score (nSPS) is 10.2. The first-order valence-electron chi connectivity index (χ1n) is 7.26. The van der Waals surface area contributed by atoms with Gasteiger partial charge in [0, 0.05) is 39.0 Å². The number of nitrogens with one attached hydrogen (secondary N) is 2. The topological polar surface area (TPSA) is 148 Å². The van der Waals surface area contributed by atoms with Gasteiger partial charge in [-0.1, -0.05) is 6.07 Å². The smallest absolute Gasteiger partial charge is 0.335 e. The van der Waals surface area contributed by atoms with Crippen molar-refractivity contribution in [2.45, 2.75) is 25.9 Å². The van der Waals surface area contributed by atoms with Crippen LogP contribution in [0.2, 0.25) is 0 Å². The second-order valence-electron chi connectivity index (χ2n) is 4.97. The SMILES string of the molecule is NCCC(=O)NCc1cc(CNC(=O)CCN)cc(C(=O)O)c1. The second kappa shape index (κ2) is 9.54. The summed E-state index contributed by atoms with van der Waals surface area (Å²) >= 11 is 0. The summed E-state index contributed by atoms with van der Waals surface area (Å²) in [5.41, 5.74) is 12.0. The molecule has 0 spiro atoms. The third-order valence-corrected chi connectivity index (χ3v) is 3.02. The minimum Gasteiger partial charge on any atom is -0.478 e. The van der Waals surface area contributed by atoms with E-state index in [9.17, 15) is 14.4 Å². The lowest BCUT2D eigenvalue weighted by Gasteiger charge is -2.10. The Morgan fingerprint density at radius 1 is 0.870 bits per heavy atom. The van der Waals surface area contributed by atoms with Crippen LogP contribution in [0.1, 0.15) is 34.3 Å². The summed E-state index contributed by atoms with van der Waals surface area (Å²) in [5, 5.41) is 14.5. The molecule has 7 N–H and O–H groups in total. The van der Waals surface area contributed by atoms with E-state index in [1.165, 1.54) is 12.1 Å². The Morgan fingerprint density at radius 2 is 1.30 bits per heavy atom. The fraction of sp³-hybridized carbons (Fsp3) is 0.400. The molecule has 8 heteroatoms. The highest BCUT2D eigenvalue weighted by Gasteiger charge is 2.09. The fourth-order valence-corrected chi connectivity index (χ4v) is 1.93. The average Bonchev–Trinajstić information content (AvgIpc) is 2.51. The van der Waals surface area contributed by atoms with Crippen LogP contribution in [0.25, 0.3) is 0 Å². The molecule has 1 aromatic rings. The van der Waals surface area contributed by atoms with Crippen molar-refractivity contribution in [1.82, 2.24) is 10.6 Å². The number of rotatable bonds is 9. The highest BCUT2D eigenvalue weighted by atomic mass is 16.4. The molecule has 0 saturated heterocycles. The number of hydrogen-bond donors (Lipinski definition) is 5. The molecule has 0 aliphatic carbocycles. The van der Waals surface area contributed by atoms with Gasteiger partial charge >= 0.3 is 5.97 Å². The lowest BCUT2D eigenvalue weighted by atomic mass is 10.1. The van der Waals surface area contributed by atoms with Crippen LogP contribution in [0, 0.1) is 0 Å². The average molecular weight is 322 g/mol. The minimum absolute atomic E-state index is 0.0960. The van der Waals surface area contributed by atoms with Crippen molar-refractivity contribution >= 4 is 17.8 Å². The van der Waals surface area contributed by atoms with E-state index >= 15 is 0 Å². The predicted molar refractivity (Wildman–Crippen MR) is 84.4 cm³/mol. The van der Waals surface area contributed by atoms with Gasteiger partial charge in [0.05, 0.1) is 5.56 Å². The molecule has 0 saturated carbocycles. The predicted octanol–water partition coefficient (Wildman–Crippen LogP) is -0.685. The Labute approximate surface area is 134 Å². The number of nitrogens with two attached hydrogens (primary N) is 2. The number of carboxylic acid groups (broad SMARTS) is 1. The minimum atomic E-state index is -1.07. The molecule has 1 aromatic carbocycles. The molecule has 0 aliphatic rings. The lowest BCUT2D eigenvalue weighted by molar-refractivity contribution is -0.121. The molecule has 0 bridgehead atoms. The molecule has 8 nitrogen and oxygen atoms in total. The number of hydrogen-bond acceptors (Lipinski definition) is 5. The Balaban J connectivity index is 2.79. The van der Waals surface area contributed by atoms with Crippen LogP contribution in [0.3, 0.4) is 0 Å². The zero-order valence-corrected chi connectivity index (χ0v) is 12.8. The van der Waals surface area contributed by atoms with Crippen LogP contribution in [-0.4, -0.2) is 36.0 Å². The maximum Gasteiger partial charge on any atom is 0.335 e. The maximum absolute atomic E-state index is 11.4. The van der Waals surface area contributed by atoms with Gasteiger partial charge < -0.3 is 27.2 Å². The Hall–Kier alpha value is -2.45. The van der Waals surface area contributed by atoms with E-state index in [2.05, 4.69) is 10.6 Å². The Morgan fingerprint density at radius 3 is 1.65 bits per heavy atom. The third kappa shape index (κ3) is 6.90. The Kier molecular flexibility index (Phi) is 7.72. The van der Waals surface area contributed by atoms with Crippen LogP contribution in [-0.2, 0) is 22.7 Å². The van der Waals surface area contributed by atoms with Gasteiger partial charge in [-0.25, -0.2) is 4.79 Å². The molecule has 0 heterocycles. The lowest BCUT2D eigenvalue weighted by Crippen LogP contribution is -2.26. The van der Waals surface area contributed by atoms with E-state index in [1.807, 2.05) is 0 Å². The fourth-order valence-electron chi connectivity index (χ4n) is 1.93. The van der Waals surface area contributed by atoms with E-state index in [1.54, 1.807) is 6.07 Å². The van der Waals surface area contributed by atoms with Crippen LogP contribution in [0.5, 0.6) is 0 Å². The summed E-state index contributed by atoms with van der Waals surface area (Å²) in [6.07, 6.45) is 0.418. The van der Waals surface area contributed by atoms with Gasteiger partial charge in [0.25, 0.3) is 0 Å². The molecule has 0 aromatic heterocycles. The molecular weight excluding hydrogens is 300 g/mol. The van der Waals surface area contributed by atoms with E-state index in [4.69, 9.17) is 16.6 Å². The summed E-state index contributed by atoms with van der Waals surface area (Å²) in [6.45, 7) is 0.895. The van der Waals surface area contributed by atoms with Gasteiger partial charge in [0.2, 0.25) is 11.8 Å². The highest BCUT2D eigenvalue weighted by molar-refractivity contribution is 5.88. The van der Waals surface area contributed by atoms with Crippen LogP contribution in [0.15, 0.2) is 18.2 Å². The van der Waals surface area contributed by atoms with Gasteiger partial charge in [-0.2, -0.15) is 0 Å². The standard InChI is InChI=1S/C15H22N4O4/c16-3-1-13(20)18-8-10-5-11(7-12(6-10)15(22)23)9-19-14(21)2-4-17/h5-7H,1-4,8-9,16-17H2,(H,18,20)(H,19,21)(H,22,23). The molecule has 0 unspecified atom stereocenters. The Bertz CT molecular complexity index is 534. The molecular formula is C15H22N4O4. The second-order valence-corrected chi connectivity index (χ2v) is 4.97. The van der Waals surface area contributed by atoms with Crippen molar-refractivity contribution in [1.29, 1.82) is 0 Å². The number of carbonyl (C=O) groups is 3. The first kappa shape index (κ1) is 18.6. The molecule has 23 heavy (non-hydrogen) atoms. The molecule has 0 atom stereocenters. The number of aromatic carboxylic acids is 1. The molecule has 2 amide bonds. The zero-order chi connectivity index (χ0) is 17.2. The van der Waals surface area contributed by atoms with Crippen molar-refractivity contribution in [2.24, 2.45) is 11.5 Å². The van der Waals surface area contributed by atoms with Gasteiger partial charge in [-0.3, -0.25) is 9.59 Å². The van der Waals surface area contributed by atoms with Gasteiger partial charge in [-0.05, 0) is 23.3 Å². The van der Waals surface area contributed by atoms with Crippen molar-refractivity contribution in [3.05, 3.63) is 34.9 Å². The van der Waals surface area contributed by atoms with Crippen LogP contribution < -0.4 is 22.1 Å². The molecule has 0 aliphatic heterocycles. The number of carboxylic acids is 1. The molecule has 0 fully saturated rings. The number of benzene rings is 1. The number of amides is 2. The van der Waals surface area contributed by atoms with E-state index < -0.39 is 5.97 Å². The zero-order valence-electron chi connectivity index (χ0n) is 12.8. The summed E-state index contributed by atoms with van der Waals surface area (Å²) < 4.78 is 0. The monoisotopic (exact) mass is 322 g/mol. The number of carbonyl (C=O) groups excluding carboxylic acids is 2. The first-order valence-corrected chi connectivity index (χ1v) is 7.26. The molecule has 126 valence electrons. The van der Waals surface area contributed by atoms with Crippen LogP contribution >= 0.6 is 0 Å². The quantitative estimate of drug-likeness (QED) is 0.407. The summed E-state index contributed by atoms with van der Waals surface area (Å²) in [4.78, 5) is 34.0. The molecule has 0 radical (unpaired) electrons. The summed E-state index contributed by atoms with van der Waals surface area (Å²) in [6, 6.07) is 4.70. The van der Waals surface area contributed by atoms with Gasteiger partial charge in [0.15, 0.2) is 0 Å². The largest absolute Gasteiger partial charge is 0.478 e. The molecule has 1 rings (SSSR count). The first-order chi connectivity index (χ1) is 11.0. The van der Waals surface area contributed by atoms with Gasteiger partial charge in [0.1, 0.15) is 0 Å². The van der Waals surface area contributed by atoms with Crippen molar-refractivity contribution in [3.63, 3.8) is 0 Å². The van der Waals surface area contributed by atoms with E-state index in [0.29, 0.717) is 11.1 Å².